The highest BCUT2D eigenvalue weighted by Gasteiger charge is 2.00. The van der Waals surface area contributed by atoms with E-state index in [1.54, 1.807) is 18.3 Å². The van der Waals surface area contributed by atoms with E-state index >= 15 is 0 Å². The minimum absolute atomic E-state index is 0.0654. The van der Waals surface area contributed by atoms with E-state index in [1.807, 2.05) is 6.07 Å². The monoisotopic (exact) mass is 149 g/mol. The number of nitrogens with two attached hydrogens (primary N) is 1. The summed E-state index contributed by atoms with van der Waals surface area (Å²) in [7, 11) is 0. The fraction of sp³-hybridized carbons (Fsp3) is 0.143. The Morgan fingerprint density at radius 2 is 2.55 bits per heavy atom. The average Bonchev–Trinajstić information content (AvgIpc) is 2.34. The molecule has 4 heteroatoms. The highest BCUT2D eigenvalue weighted by Crippen LogP contribution is 1.98. The molecular formula is C7H7N3O. The zero-order chi connectivity index (χ0) is 8.27. The van der Waals surface area contributed by atoms with E-state index in [0.717, 1.165) is 0 Å². The second-order valence-corrected chi connectivity index (χ2v) is 2.10. The molecule has 0 bridgehead atoms. The lowest BCUT2D eigenvalue weighted by Crippen LogP contribution is -2.18. The fourth-order valence-corrected chi connectivity index (χ4v) is 0.821. The molecule has 0 unspecified atom stereocenters. The van der Waals surface area contributed by atoms with Gasteiger partial charge < -0.3 is 10.3 Å². The lowest BCUT2D eigenvalue weighted by atomic mass is 10.4. The second-order valence-electron chi connectivity index (χ2n) is 2.10. The molecule has 1 amide bonds. The SMILES string of the molecule is N#Cc1cccn1CC(N)=O. The molecule has 0 spiro atoms. The van der Waals surface area contributed by atoms with Crippen LogP contribution in [0.4, 0.5) is 0 Å². The van der Waals surface area contributed by atoms with Crippen molar-refractivity contribution >= 4 is 5.91 Å². The molecule has 0 aliphatic rings. The summed E-state index contributed by atoms with van der Waals surface area (Å²) in [5.74, 6) is -0.447. The number of aromatic nitrogens is 1. The minimum atomic E-state index is -0.447. The third-order valence-corrected chi connectivity index (χ3v) is 1.27. The van der Waals surface area contributed by atoms with Gasteiger partial charge in [-0.2, -0.15) is 5.26 Å². The number of rotatable bonds is 2. The number of nitriles is 1. The van der Waals surface area contributed by atoms with Crippen molar-refractivity contribution in [2.24, 2.45) is 5.73 Å². The van der Waals surface area contributed by atoms with Crippen LogP contribution < -0.4 is 5.73 Å². The van der Waals surface area contributed by atoms with E-state index in [1.165, 1.54) is 4.57 Å². The maximum absolute atomic E-state index is 10.4. The molecule has 0 saturated carbocycles. The summed E-state index contributed by atoms with van der Waals surface area (Å²) in [5.41, 5.74) is 5.39. The summed E-state index contributed by atoms with van der Waals surface area (Å²) in [5, 5.41) is 8.50. The predicted octanol–water partition coefficient (Wildman–Crippen LogP) is -0.155. The number of primary amides is 1. The average molecular weight is 149 g/mol. The number of hydrogen-bond donors (Lipinski definition) is 1. The molecule has 56 valence electrons. The quantitative estimate of drug-likeness (QED) is 0.634. The second kappa shape index (κ2) is 2.88. The molecule has 0 aliphatic carbocycles. The number of hydrogen-bond acceptors (Lipinski definition) is 2. The van der Waals surface area contributed by atoms with Crippen LogP contribution in [0.3, 0.4) is 0 Å². The molecule has 1 aromatic heterocycles. The van der Waals surface area contributed by atoms with Crippen LogP contribution in [0.15, 0.2) is 18.3 Å². The lowest BCUT2D eigenvalue weighted by molar-refractivity contribution is -0.118. The topological polar surface area (TPSA) is 71.8 Å². The van der Waals surface area contributed by atoms with E-state index in [4.69, 9.17) is 11.0 Å². The fourth-order valence-electron chi connectivity index (χ4n) is 0.821. The largest absolute Gasteiger partial charge is 0.368 e. The molecule has 1 heterocycles. The first-order valence-corrected chi connectivity index (χ1v) is 3.07. The molecule has 2 N–H and O–H groups in total. The van der Waals surface area contributed by atoms with Crippen molar-refractivity contribution in [2.45, 2.75) is 6.54 Å². The van der Waals surface area contributed by atoms with Crippen molar-refractivity contribution < 1.29 is 4.79 Å². The van der Waals surface area contributed by atoms with Crippen molar-refractivity contribution in [3.8, 4) is 6.07 Å². The maximum atomic E-state index is 10.4. The Labute approximate surface area is 63.8 Å². The molecule has 0 atom stereocenters. The van der Waals surface area contributed by atoms with Gasteiger partial charge in [0.05, 0.1) is 0 Å². The van der Waals surface area contributed by atoms with E-state index < -0.39 is 5.91 Å². The highest BCUT2D eigenvalue weighted by molar-refractivity contribution is 5.73. The molecule has 4 nitrogen and oxygen atoms in total. The first-order valence-electron chi connectivity index (χ1n) is 3.07. The summed E-state index contributed by atoms with van der Waals surface area (Å²) >= 11 is 0. The van der Waals surface area contributed by atoms with Crippen molar-refractivity contribution in [2.75, 3.05) is 0 Å². The Morgan fingerprint density at radius 1 is 1.82 bits per heavy atom. The van der Waals surface area contributed by atoms with Gasteiger partial charge in [0.25, 0.3) is 0 Å². The van der Waals surface area contributed by atoms with Crippen molar-refractivity contribution in [3.63, 3.8) is 0 Å². The first kappa shape index (κ1) is 7.35. The Bertz CT molecular complexity index is 308. The van der Waals surface area contributed by atoms with Crippen LogP contribution in [0.25, 0.3) is 0 Å². The Morgan fingerprint density at radius 3 is 3.09 bits per heavy atom. The predicted molar refractivity (Wildman–Crippen MR) is 38.3 cm³/mol. The van der Waals surface area contributed by atoms with Gasteiger partial charge in [0, 0.05) is 6.20 Å². The molecule has 0 saturated heterocycles. The Balaban J connectivity index is 2.87. The molecule has 0 radical (unpaired) electrons. The summed E-state index contributed by atoms with van der Waals surface area (Å²) in [6.07, 6.45) is 1.64. The standard InChI is InChI=1S/C7H7N3O/c8-4-6-2-1-3-10(6)5-7(9)11/h1-3H,5H2,(H2,9,11). The lowest BCUT2D eigenvalue weighted by Gasteiger charge is -1.98. The molecule has 11 heavy (non-hydrogen) atoms. The van der Waals surface area contributed by atoms with Gasteiger partial charge in [-0.05, 0) is 12.1 Å². The van der Waals surface area contributed by atoms with Crippen molar-refractivity contribution in [1.82, 2.24) is 4.57 Å². The minimum Gasteiger partial charge on any atom is -0.368 e. The van der Waals surface area contributed by atoms with Gasteiger partial charge >= 0.3 is 0 Å². The highest BCUT2D eigenvalue weighted by atomic mass is 16.1. The van der Waals surface area contributed by atoms with Gasteiger partial charge in [0.1, 0.15) is 18.3 Å². The van der Waals surface area contributed by atoms with Gasteiger partial charge in [0.2, 0.25) is 5.91 Å². The van der Waals surface area contributed by atoms with Crippen LogP contribution >= 0.6 is 0 Å². The van der Waals surface area contributed by atoms with Crippen LogP contribution in [0.1, 0.15) is 5.69 Å². The van der Waals surface area contributed by atoms with E-state index in [-0.39, 0.29) is 6.54 Å². The normalized spacial score (nSPS) is 9.00. The van der Waals surface area contributed by atoms with E-state index in [0.29, 0.717) is 5.69 Å². The van der Waals surface area contributed by atoms with Crippen molar-refractivity contribution in [3.05, 3.63) is 24.0 Å². The van der Waals surface area contributed by atoms with Crippen LogP contribution in [0.2, 0.25) is 0 Å². The van der Waals surface area contributed by atoms with Crippen molar-refractivity contribution in [1.29, 1.82) is 5.26 Å². The number of carbonyl (C=O) groups excluding carboxylic acids is 1. The molecule has 0 fully saturated rings. The van der Waals surface area contributed by atoms with Crippen LogP contribution in [-0.2, 0) is 11.3 Å². The summed E-state index contributed by atoms with van der Waals surface area (Å²) in [6.45, 7) is 0.0654. The molecule has 1 aromatic rings. The smallest absolute Gasteiger partial charge is 0.237 e. The summed E-state index contributed by atoms with van der Waals surface area (Å²) in [6, 6.07) is 5.26. The third-order valence-electron chi connectivity index (χ3n) is 1.27. The van der Waals surface area contributed by atoms with Gasteiger partial charge in [-0.25, -0.2) is 0 Å². The molecular weight excluding hydrogens is 142 g/mol. The summed E-state index contributed by atoms with van der Waals surface area (Å²) in [4.78, 5) is 10.4. The van der Waals surface area contributed by atoms with Gasteiger partial charge in [0.15, 0.2) is 0 Å². The van der Waals surface area contributed by atoms with Gasteiger partial charge in [-0.1, -0.05) is 0 Å². The Hall–Kier alpha value is -1.76. The zero-order valence-corrected chi connectivity index (χ0v) is 5.82. The summed E-state index contributed by atoms with van der Waals surface area (Å²) < 4.78 is 1.50. The third kappa shape index (κ3) is 1.58. The van der Waals surface area contributed by atoms with E-state index in [9.17, 15) is 4.79 Å². The molecule has 0 aromatic carbocycles. The van der Waals surface area contributed by atoms with Gasteiger partial charge in [-0.15, -0.1) is 0 Å². The number of carbonyl (C=O) groups is 1. The number of amides is 1. The van der Waals surface area contributed by atoms with Crippen LogP contribution in [0, 0.1) is 11.3 Å². The first-order chi connectivity index (χ1) is 5.24. The number of nitrogens with zero attached hydrogens (tertiary/aromatic N) is 2. The van der Waals surface area contributed by atoms with E-state index in [2.05, 4.69) is 0 Å². The van der Waals surface area contributed by atoms with Crippen LogP contribution in [0.5, 0.6) is 0 Å². The molecule has 1 rings (SSSR count). The maximum Gasteiger partial charge on any atom is 0.237 e. The van der Waals surface area contributed by atoms with Gasteiger partial charge in [-0.3, -0.25) is 4.79 Å². The molecule has 0 aliphatic heterocycles. The Kier molecular flexibility index (Phi) is 1.93. The zero-order valence-electron chi connectivity index (χ0n) is 5.82. The van der Waals surface area contributed by atoms with Crippen LogP contribution in [-0.4, -0.2) is 10.5 Å².